The number of aromatic nitrogens is 3. The Kier molecular flexibility index (Phi) is 9.72. The highest BCUT2D eigenvalue weighted by atomic mass is 127. The SMILES string of the molecule is CCNC(=NCc1csc(C(C)C)n1)N(C)Cc1cn(C)nc1C(C)C.I. The van der Waals surface area contributed by atoms with Crippen LogP contribution in [-0.4, -0.2) is 39.2 Å². The minimum absolute atomic E-state index is 0. The highest BCUT2D eigenvalue weighted by molar-refractivity contribution is 14.0. The Morgan fingerprint density at radius 2 is 2.00 bits per heavy atom. The zero-order chi connectivity index (χ0) is 19.3. The van der Waals surface area contributed by atoms with Crippen molar-refractivity contribution in [2.75, 3.05) is 13.6 Å². The lowest BCUT2D eigenvalue weighted by Gasteiger charge is -2.22. The summed E-state index contributed by atoms with van der Waals surface area (Å²) >= 11 is 1.72. The topological polar surface area (TPSA) is 58.3 Å². The van der Waals surface area contributed by atoms with Crippen LogP contribution in [0.15, 0.2) is 16.6 Å². The average molecular weight is 504 g/mol. The molecule has 0 unspecified atom stereocenters. The predicted molar refractivity (Wildman–Crippen MR) is 125 cm³/mol. The van der Waals surface area contributed by atoms with Gasteiger partial charge in [0.05, 0.1) is 22.9 Å². The number of hydrogen-bond donors (Lipinski definition) is 1. The molecule has 0 fully saturated rings. The largest absolute Gasteiger partial charge is 0.357 e. The van der Waals surface area contributed by atoms with Gasteiger partial charge in [0.15, 0.2) is 5.96 Å². The Morgan fingerprint density at radius 3 is 2.56 bits per heavy atom. The lowest BCUT2D eigenvalue weighted by Crippen LogP contribution is -2.38. The molecule has 0 atom stereocenters. The Bertz CT molecular complexity index is 734. The van der Waals surface area contributed by atoms with Crippen LogP contribution < -0.4 is 5.32 Å². The zero-order valence-electron chi connectivity index (χ0n) is 17.5. The number of nitrogens with zero attached hydrogens (tertiary/aromatic N) is 5. The van der Waals surface area contributed by atoms with Gasteiger partial charge < -0.3 is 10.2 Å². The van der Waals surface area contributed by atoms with Crippen molar-refractivity contribution in [3.05, 3.63) is 33.5 Å². The van der Waals surface area contributed by atoms with Crippen LogP contribution >= 0.6 is 35.3 Å². The maximum absolute atomic E-state index is 4.78. The van der Waals surface area contributed by atoms with Gasteiger partial charge in [-0.25, -0.2) is 9.98 Å². The molecule has 27 heavy (non-hydrogen) atoms. The number of aryl methyl sites for hydroxylation is 1. The summed E-state index contributed by atoms with van der Waals surface area (Å²) in [5.74, 6) is 1.77. The van der Waals surface area contributed by atoms with E-state index >= 15 is 0 Å². The number of rotatable bonds is 7. The van der Waals surface area contributed by atoms with E-state index in [1.165, 1.54) is 10.6 Å². The molecule has 0 aromatic carbocycles. The smallest absolute Gasteiger partial charge is 0.194 e. The van der Waals surface area contributed by atoms with Gasteiger partial charge in [-0.05, 0) is 12.8 Å². The van der Waals surface area contributed by atoms with E-state index in [1.807, 2.05) is 11.7 Å². The summed E-state index contributed by atoms with van der Waals surface area (Å²) in [6.07, 6.45) is 2.10. The molecule has 6 nitrogen and oxygen atoms in total. The first-order chi connectivity index (χ1) is 12.3. The fourth-order valence-electron chi connectivity index (χ4n) is 2.78. The van der Waals surface area contributed by atoms with Gasteiger partial charge in [-0.1, -0.05) is 27.7 Å². The van der Waals surface area contributed by atoms with E-state index in [2.05, 4.69) is 73.5 Å². The molecule has 0 spiro atoms. The number of guanidine groups is 1. The van der Waals surface area contributed by atoms with Crippen LogP contribution in [0.3, 0.4) is 0 Å². The van der Waals surface area contributed by atoms with Crippen LogP contribution in [0.5, 0.6) is 0 Å². The highest BCUT2D eigenvalue weighted by Gasteiger charge is 2.15. The molecule has 0 aliphatic heterocycles. The van der Waals surface area contributed by atoms with Crippen molar-refractivity contribution in [1.82, 2.24) is 25.0 Å². The maximum atomic E-state index is 4.78. The summed E-state index contributed by atoms with van der Waals surface area (Å²) in [4.78, 5) is 11.6. The minimum Gasteiger partial charge on any atom is -0.357 e. The van der Waals surface area contributed by atoms with Crippen molar-refractivity contribution >= 4 is 41.3 Å². The van der Waals surface area contributed by atoms with Crippen molar-refractivity contribution in [1.29, 1.82) is 0 Å². The van der Waals surface area contributed by atoms with Crippen molar-refractivity contribution in [2.24, 2.45) is 12.0 Å². The van der Waals surface area contributed by atoms with E-state index < -0.39 is 0 Å². The van der Waals surface area contributed by atoms with Gasteiger partial charge in [-0.15, -0.1) is 35.3 Å². The summed E-state index contributed by atoms with van der Waals surface area (Å²) < 4.78 is 1.89. The summed E-state index contributed by atoms with van der Waals surface area (Å²) in [5, 5.41) is 11.3. The van der Waals surface area contributed by atoms with Crippen LogP contribution in [0.2, 0.25) is 0 Å². The molecule has 2 aromatic heterocycles. The Balaban J connectivity index is 0.00000364. The Morgan fingerprint density at radius 1 is 1.30 bits per heavy atom. The zero-order valence-corrected chi connectivity index (χ0v) is 20.6. The van der Waals surface area contributed by atoms with Crippen LogP contribution in [0.4, 0.5) is 0 Å². The van der Waals surface area contributed by atoms with Crippen LogP contribution in [0, 0.1) is 0 Å². The molecule has 0 bridgehead atoms. The van der Waals surface area contributed by atoms with Crippen LogP contribution in [0.25, 0.3) is 0 Å². The van der Waals surface area contributed by atoms with Gasteiger partial charge in [0, 0.05) is 50.2 Å². The van der Waals surface area contributed by atoms with Gasteiger partial charge in [0.2, 0.25) is 0 Å². The third kappa shape index (κ3) is 6.74. The third-order valence-corrected chi connectivity index (χ3v) is 5.24. The van der Waals surface area contributed by atoms with Gasteiger partial charge in [-0.3, -0.25) is 4.68 Å². The molecule has 0 aliphatic rings. The van der Waals surface area contributed by atoms with Crippen LogP contribution in [0.1, 0.15) is 68.4 Å². The fourth-order valence-corrected chi connectivity index (χ4v) is 3.61. The van der Waals surface area contributed by atoms with Gasteiger partial charge >= 0.3 is 0 Å². The van der Waals surface area contributed by atoms with E-state index in [-0.39, 0.29) is 24.0 Å². The van der Waals surface area contributed by atoms with E-state index in [0.717, 1.165) is 30.4 Å². The number of hydrogen-bond acceptors (Lipinski definition) is 4. The summed E-state index contributed by atoms with van der Waals surface area (Å²) in [7, 11) is 4.04. The lowest BCUT2D eigenvalue weighted by atomic mass is 10.1. The molecule has 2 rings (SSSR count). The summed E-state index contributed by atoms with van der Waals surface area (Å²) in [5.41, 5.74) is 3.43. The van der Waals surface area contributed by atoms with Gasteiger partial charge in [0.25, 0.3) is 0 Å². The van der Waals surface area contributed by atoms with Gasteiger partial charge in [0.1, 0.15) is 0 Å². The van der Waals surface area contributed by atoms with E-state index in [0.29, 0.717) is 18.4 Å². The third-order valence-electron chi connectivity index (χ3n) is 4.04. The second-order valence-electron chi connectivity index (χ2n) is 7.23. The van der Waals surface area contributed by atoms with Crippen molar-refractivity contribution in [2.45, 2.75) is 59.5 Å². The number of thiazole rings is 1. The van der Waals surface area contributed by atoms with E-state index in [9.17, 15) is 0 Å². The molecule has 0 amide bonds. The number of aliphatic imine (C=N–C) groups is 1. The first kappa shape index (κ1) is 23.9. The molecule has 2 aromatic rings. The summed E-state index contributed by atoms with van der Waals surface area (Å²) in [6.45, 7) is 13.0. The maximum Gasteiger partial charge on any atom is 0.194 e. The molecular formula is C19H33IN6S. The molecule has 1 N–H and O–H groups in total. The first-order valence-electron chi connectivity index (χ1n) is 9.27. The van der Waals surface area contributed by atoms with Crippen LogP contribution in [-0.2, 0) is 20.1 Å². The standard InChI is InChI=1S/C19H32N6S.HI/c1-8-20-19(21-9-16-12-26-18(22-16)14(4)5)24(6)10-15-11-25(7)23-17(15)13(2)3;/h11-14H,8-10H2,1-7H3,(H,20,21);1H. The molecule has 8 heteroatoms. The second-order valence-corrected chi connectivity index (χ2v) is 8.12. The molecule has 152 valence electrons. The molecule has 0 aliphatic carbocycles. The average Bonchev–Trinajstić information content (AvgIpc) is 3.18. The van der Waals surface area contributed by atoms with E-state index in [1.54, 1.807) is 11.3 Å². The van der Waals surface area contributed by atoms with Crippen molar-refractivity contribution in [3.63, 3.8) is 0 Å². The minimum atomic E-state index is 0. The van der Waals surface area contributed by atoms with E-state index in [4.69, 9.17) is 4.99 Å². The second kappa shape index (κ2) is 11.0. The summed E-state index contributed by atoms with van der Waals surface area (Å²) in [6, 6.07) is 0. The molecule has 2 heterocycles. The first-order valence-corrected chi connectivity index (χ1v) is 10.2. The molecular weight excluding hydrogens is 471 g/mol. The predicted octanol–water partition coefficient (Wildman–Crippen LogP) is 4.34. The molecule has 0 radical (unpaired) electrons. The monoisotopic (exact) mass is 504 g/mol. The fraction of sp³-hybridized carbons (Fsp3) is 0.632. The molecule has 0 saturated carbocycles. The Hall–Kier alpha value is -1.16. The molecule has 0 saturated heterocycles. The number of halogens is 1. The normalized spacial score (nSPS) is 11.8. The highest BCUT2D eigenvalue weighted by Crippen LogP contribution is 2.20. The lowest BCUT2D eigenvalue weighted by molar-refractivity contribution is 0.473. The van der Waals surface area contributed by atoms with Crippen molar-refractivity contribution in [3.8, 4) is 0 Å². The van der Waals surface area contributed by atoms with Crippen molar-refractivity contribution < 1.29 is 0 Å². The number of nitrogens with one attached hydrogen (secondary N) is 1. The van der Waals surface area contributed by atoms with Gasteiger partial charge in [-0.2, -0.15) is 5.10 Å². The Labute approximate surface area is 184 Å². The quantitative estimate of drug-likeness (QED) is 0.346.